The first-order chi connectivity index (χ1) is 7.49. The lowest BCUT2D eigenvalue weighted by atomic mass is 10.0. The predicted molar refractivity (Wildman–Crippen MR) is 64.3 cm³/mol. The number of primary amides is 1. The minimum Gasteiger partial charge on any atom is -0.491 e. The smallest absolute Gasteiger partial charge is 0.220 e. The Hall–Kier alpha value is -1.51. The standard InChI is InChI=1S/C13H19NO2/c1-9(2)16-12-6-4-5-11(8-12)7-10(3)13(14)15/h4-6,8-10H,7H2,1-3H3,(H2,14,15)/t10-/m1/s1. The molecule has 1 atom stereocenters. The van der Waals surface area contributed by atoms with Crippen LogP contribution in [0.1, 0.15) is 26.3 Å². The third-order valence-corrected chi connectivity index (χ3v) is 2.30. The minimum absolute atomic E-state index is 0.144. The summed E-state index contributed by atoms with van der Waals surface area (Å²) in [5, 5.41) is 0. The summed E-state index contributed by atoms with van der Waals surface area (Å²) in [7, 11) is 0. The first-order valence-corrected chi connectivity index (χ1v) is 5.54. The number of amides is 1. The molecule has 2 N–H and O–H groups in total. The fourth-order valence-electron chi connectivity index (χ4n) is 1.47. The molecule has 3 nitrogen and oxygen atoms in total. The molecule has 0 saturated carbocycles. The third kappa shape index (κ3) is 3.93. The highest BCUT2D eigenvalue weighted by Crippen LogP contribution is 2.17. The monoisotopic (exact) mass is 221 g/mol. The van der Waals surface area contributed by atoms with Gasteiger partial charge in [0, 0.05) is 5.92 Å². The van der Waals surface area contributed by atoms with Gasteiger partial charge in [-0.3, -0.25) is 4.79 Å². The van der Waals surface area contributed by atoms with E-state index in [4.69, 9.17) is 10.5 Å². The topological polar surface area (TPSA) is 52.3 Å². The van der Waals surface area contributed by atoms with Crippen LogP contribution < -0.4 is 10.5 Å². The van der Waals surface area contributed by atoms with Crippen molar-refractivity contribution >= 4 is 5.91 Å². The molecule has 1 rings (SSSR count). The Morgan fingerprint density at radius 3 is 2.62 bits per heavy atom. The summed E-state index contributed by atoms with van der Waals surface area (Å²) in [6.07, 6.45) is 0.814. The molecule has 0 saturated heterocycles. The minimum atomic E-state index is -0.268. The molecule has 0 heterocycles. The molecular formula is C13H19NO2. The number of nitrogens with two attached hydrogens (primary N) is 1. The molecule has 1 aromatic carbocycles. The van der Waals surface area contributed by atoms with Crippen LogP contribution in [0.25, 0.3) is 0 Å². The molecule has 0 radical (unpaired) electrons. The zero-order valence-electron chi connectivity index (χ0n) is 10.1. The molecule has 3 heteroatoms. The maximum Gasteiger partial charge on any atom is 0.220 e. The van der Waals surface area contributed by atoms with Gasteiger partial charge in [0.05, 0.1) is 6.10 Å². The summed E-state index contributed by atoms with van der Waals surface area (Å²) in [6.45, 7) is 5.80. The Morgan fingerprint density at radius 1 is 1.38 bits per heavy atom. The molecule has 16 heavy (non-hydrogen) atoms. The van der Waals surface area contributed by atoms with E-state index in [1.54, 1.807) is 0 Å². The maximum atomic E-state index is 11.0. The molecule has 0 aliphatic heterocycles. The first kappa shape index (κ1) is 12.6. The molecule has 0 spiro atoms. The summed E-state index contributed by atoms with van der Waals surface area (Å²) < 4.78 is 5.58. The molecular weight excluding hydrogens is 202 g/mol. The van der Waals surface area contributed by atoms with Crippen LogP contribution in [0.2, 0.25) is 0 Å². The van der Waals surface area contributed by atoms with E-state index in [0.29, 0.717) is 6.42 Å². The lowest BCUT2D eigenvalue weighted by Gasteiger charge is -2.12. The fourth-order valence-corrected chi connectivity index (χ4v) is 1.47. The van der Waals surface area contributed by atoms with Crippen LogP contribution in [-0.4, -0.2) is 12.0 Å². The Labute approximate surface area is 96.6 Å². The van der Waals surface area contributed by atoms with E-state index in [2.05, 4.69) is 0 Å². The molecule has 0 aliphatic carbocycles. The number of hydrogen-bond acceptors (Lipinski definition) is 2. The predicted octanol–water partition coefficient (Wildman–Crippen LogP) is 2.14. The molecule has 0 unspecified atom stereocenters. The molecule has 0 aliphatic rings. The van der Waals surface area contributed by atoms with Gasteiger partial charge in [-0.15, -0.1) is 0 Å². The van der Waals surface area contributed by atoms with Gasteiger partial charge in [-0.25, -0.2) is 0 Å². The SMILES string of the molecule is CC(C)Oc1cccc(C[C@@H](C)C(N)=O)c1. The third-order valence-electron chi connectivity index (χ3n) is 2.30. The Kier molecular flexibility index (Phi) is 4.35. The number of carbonyl (C=O) groups excluding carboxylic acids is 1. The summed E-state index contributed by atoms with van der Waals surface area (Å²) in [5.41, 5.74) is 6.31. The van der Waals surface area contributed by atoms with E-state index in [9.17, 15) is 4.79 Å². The van der Waals surface area contributed by atoms with E-state index in [-0.39, 0.29) is 17.9 Å². The Balaban J connectivity index is 2.70. The van der Waals surface area contributed by atoms with E-state index < -0.39 is 0 Å². The van der Waals surface area contributed by atoms with Gasteiger partial charge in [-0.1, -0.05) is 19.1 Å². The van der Waals surface area contributed by atoms with Gasteiger partial charge in [0.1, 0.15) is 5.75 Å². The van der Waals surface area contributed by atoms with Gasteiger partial charge in [0.2, 0.25) is 5.91 Å². The van der Waals surface area contributed by atoms with E-state index in [1.165, 1.54) is 0 Å². The second-order valence-electron chi connectivity index (χ2n) is 4.32. The van der Waals surface area contributed by atoms with Crippen molar-refractivity contribution in [1.82, 2.24) is 0 Å². The highest BCUT2D eigenvalue weighted by atomic mass is 16.5. The molecule has 0 aromatic heterocycles. The van der Waals surface area contributed by atoms with Crippen LogP contribution >= 0.6 is 0 Å². The zero-order chi connectivity index (χ0) is 12.1. The molecule has 0 bridgehead atoms. The van der Waals surface area contributed by atoms with E-state index >= 15 is 0 Å². The van der Waals surface area contributed by atoms with Crippen molar-refractivity contribution in [2.45, 2.75) is 33.3 Å². The first-order valence-electron chi connectivity index (χ1n) is 5.54. The van der Waals surface area contributed by atoms with E-state index in [1.807, 2.05) is 45.0 Å². The van der Waals surface area contributed by atoms with Crippen LogP contribution in [0.15, 0.2) is 24.3 Å². The van der Waals surface area contributed by atoms with Gasteiger partial charge >= 0.3 is 0 Å². The number of hydrogen-bond donors (Lipinski definition) is 1. The molecule has 88 valence electrons. The lowest BCUT2D eigenvalue weighted by Crippen LogP contribution is -2.22. The van der Waals surface area contributed by atoms with Crippen LogP contribution in [0.5, 0.6) is 5.75 Å². The van der Waals surface area contributed by atoms with Crippen molar-refractivity contribution in [1.29, 1.82) is 0 Å². The number of ether oxygens (including phenoxy) is 1. The Bertz CT molecular complexity index is 361. The second-order valence-corrected chi connectivity index (χ2v) is 4.32. The Morgan fingerprint density at radius 2 is 2.06 bits per heavy atom. The average Bonchev–Trinajstić information content (AvgIpc) is 2.16. The second kappa shape index (κ2) is 5.54. The number of carbonyl (C=O) groups is 1. The summed E-state index contributed by atoms with van der Waals surface area (Å²) in [5.74, 6) is 0.425. The van der Waals surface area contributed by atoms with Crippen molar-refractivity contribution in [3.8, 4) is 5.75 Å². The fraction of sp³-hybridized carbons (Fsp3) is 0.462. The largest absolute Gasteiger partial charge is 0.491 e. The van der Waals surface area contributed by atoms with Gasteiger partial charge < -0.3 is 10.5 Å². The molecule has 1 amide bonds. The summed E-state index contributed by atoms with van der Waals surface area (Å²) in [6, 6.07) is 7.78. The molecule has 0 fully saturated rings. The molecule has 1 aromatic rings. The number of rotatable bonds is 5. The van der Waals surface area contributed by atoms with Crippen molar-refractivity contribution in [3.05, 3.63) is 29.8 Å². The zero-order valence-corrected chi connectivity index (χ0v) is 10.1. The van der Waals surface area contributed by atoms with Gasteiger partial charge in [-0.2, -0.15) is 0 Å². The van der Waals surface area contributed by atoms with Crippen LogP contribution in [0.3, 0.4) is 0 Å². The van der Waals surface area contributed by atoms with Crippen molar-refractivity contribution < 1.29 is 9.53 Å². The van der Waals surface area contributed by atoms with Crippen LogP contribution in [0, 0.1) is 5.92 Å². The normalized spacial score (nSPS) is 12.5. The quantitative estimate of drug-likeness (QED) is 0.828. The van der Waals surface area contributed by atoms with Gasteiger partial charge in [-0.05, 0) is 38.0 Å². The van der Waals surface area contributed by atoms with Crippen molar-refractivity contribution in [3.63, 3.8) is 0 Å². The van der Waals surface area contributed by atoms with Crippen molar-refractivity contribution in [2.24, 2.45) is 11.7 Å². The number of benzene rings is 1. The van der Waals surface area contributed by atoms with Gasteiger partial charge in [0.15, 0.2) is 0 Å². The lowest BCUT2D eigenvalue weighted by molar-refractivity contribution is -0.121. The van der Waals surface area contributed by atoms with Crippen molar-refractivity contribution in [2.75, 3.05) is 0 Å². The average molecular weight is 221 g/mol. The summed E-state index contributed by atoms with van der Waals surface area (Å²) >= 11 is 0. The van der Waals surface area contributed by atoms with Crippen LogP contribution in [-0.2, 0) is 11.2 Å². The highest BCUT2D eigenvalue weighted by molar-refractivity contribution is 5.76. The van der Waals surface area contributed by atoms with Gasteiger partial charge in [0.25, 0.3) is 0 Å². The van der Waals surface area contributed by atoms with Crippen LogP contribution in [0.4, 0.5) is 0 Å². The summed E-state index contributed by atoms with van der Waals surface area (Å²) in [4.78, 5) is 11.0. The highest BCUT2D eigenvalue weighted by Gasteiger charge is 2.10. The van der Waals surface area contributed by atoms with E-state index in [0.717, 1.165) is 11.3 Å². The maximum absolute atomic E-state index is 11.0.